The summed E-state index contributed by atoms with van der Waals surface area (Å²) in [5.41, 5.74) is 20.9. The number of anilines is 3. The molecule has 63 heavy (non-hydrogen) atoms. The van der Waals surface area contributed by atoms with Gasteiger partial charge in [-0.1, -0.05) is 226 Å². The highest BCUT2D eigenvalue weighted by molar-refractivity contribution is 6.10. The minimum atomic E-state index is -0.454. The van der Waals surface area contributed by atoms with E-state index in [1.807, 2.05) is 0 Å². The highest BCUT2D eigenvalue weighted by atomic mass is 15.1. The van der Waals surface area contributed by atoms with Gasteiger partial charge in [-0.25, -0.2) is 0 Å². The van der Waals surface area contributed by atoms with Crippen LogP contribution in [0.2, 0.25) is 0 Å². The summed E-state index contributed by atoms with van der Waals surface area (Å²) in [7, 11) is 0. The van der Waals surface area contributed by atoms with Crippen LogP contribution in [0.1, 0.15) is 47.2 Å². The van der Waals surface area contributed by atoms with Crippen molar-refractivity contribution < 1.29 is 0 Å². The Kier molecular flexibility index (Phi) is 8.49. The van der Waals surface area contributed by atoms with E-state index in [4.69, 9.17) is 0 Å². The highest BCUT2D eigenvalue weighted by Gasteiger charge is 2.53. The Bertz CT molecular complexity index is 3310. The molecule has 0 saturated carbocycles. The smallest absolute Gasteiger partial charge is 0.0719 e. The fraction of sp³-hybridized carbons (Fsp3) is 0.0645. The number of para-hydroxylation sites is 1. The van der Waals surface area contributed by atoms with E-state index in [1.54, 1.807) is 0 Å². The maximum atomic E-state index is 2.46. The van der Waals surface area contributed by atoms with Crippen molar-refractivity contribution in [1.82, 2.24) is 0 Å². The molecule has 0 aliphatic heterocycles. The van der Waals surface area contributed by atoms with Gasteiger partial charge in [-0.15, -0.1) is 0 Å². The normalized spacial score (nSPS) is 13.8. The molecule has 1 spiro atoms. The largest absolute Gasteiger partial charge is 0.309 e. The molecule has 0 amide bonds. The number of benzene rings is 10. The minimum absolute atomic E-state index is 0.146. The van der Waals surface area contributed by atoms with Crippen LogP contribution >= 0.6 is 0 Å². The molecule has 0 heterocycles. The Morgan fingerprint density at radius 2 is 0.778 bits per heavy atom. The summed E-state index contributed by atoms with van der Waals surface area (Å²) in [5.74, 6) is 0. The molecular weight excluding hydrogens is 759 g/mol. The molecule has 12 rings (SSSR count). The second kappa shape index (κ2) is 14.4. The van der Waals surface area contributed by atoms with Gasteiger partial charge in [0.2, 0.25) is 0 Å². The Morgan fingerprint density at radius 3 is 1.46 bits per heavy atom. The first-order chi connectivity index (χ1) is 31.0. The molecule has 0 bridgehead atoms. The molecule has 0 radical (unpaired) electrons. The van der Waals surface area contributed by atoms with E-state index in [9.17, 15) is 0 Å². The van der Waals surface area contributed by atoms with Gasteiger partial charge in [-0.05, 0) is 102 Å². The minimum Gasteiger partial charge on any atom is -0.309 e. The van der Waals surface area contributed by atoms with Crippen molar-refractivity contribution in [2.45, 2.75) is 24.7 Å². The van der Waals surface area contributed by atoms with Gasteiger partial charge in [0.15, 0.2) is 0 Å². The summed E-state index contributed by atoms with van der Waals surface area (Å²) in [5, 5.41) is 2.41. The third-order valence-electron chi connectivity index (χ3n) is 14.0. The Morgan fingerprint density at radius 1 is 0.286 bits per heavy atom. The molecule has 2 aliphatic carbocycles. The van der Waals surface area contributed by atoms with Crippen molar-refractivity contribution in [3.8, 4) is 44.5 Å². The summed E-state index contributed by atoms with van der Waals surface area (Å²) in [4.78, 5) is 2.46. The van der Waals surface area contributed by atoms with Gasteiger partial charge in [0.1, 0.15) is 0 Å². The van der Waals surface area contributed by atoms with Crippen molar-refractivity contribution in [3.05, 3.63) is 270 Å². The first-order valence-electron chi connectivity index (χ1n) is 22.1. The van der Waals surface area contributed by atoms with Gasteiger partial charge in [-0.2, -0.15) is 0 Å². The molecule has 0 fully saturated rings. The summed E-state index contributed by atoms with van der Waals surface area (Å²) in [6.07, 6.45) is 0. The Labute approximate surface area is 370 Å². The zero-order valence-corrected chi connectivity index (χ0v) is 35.5. The molecule has 1 nitrogen and oxygen atoms in total. The first-order valence-corrected chi connectivity index (χ1v) is 22.1. The first kappa shape index (κ1) is 37.1. The van der Waals surface area contributed by atoms with E-state index < -0.39 is 5.41 Å². The van der Waals surface area contributed by atoms with E-state index in [1.165, 1.54) is 88.7 Å². The third kappa shape index (κ3) is 5.49. The molecule has 0 unspecified atom stereocenters. The lowest BCUT2D eigenvalue weighted by Crippen LogP contribution is -2.40. The lowest BCUT2D eigenvalue weighted by molar-refractivity contribution is 0.563. The van der Waals surface area contributed by atoms with Crippen LogP contribution in [0.3, 0.4) is 0 Å². The average molecular weight is 804 g/mol. The van der Waals surface area contributed by atoms with Crippen LogP contribution in [0.25, 0.3) is 55.3 Å². The Balaban J connectivity index is 1.10. The van der Waals surface area contributed by atoms with E-state index in [-0.39, 0.29) is 5.41 Å². The van der Waals surface area contributed by atoms with Gasteiger partial charge < -0.3 is 4.90 Å². The molecule has 298 valence electrons. The fourth-order valence-corrected chi connectivity index (χ4v) is 11.2. The maximum absolute atomic E-state index is 2.46. The van der Waals surface area contributed by atoms with Crippen LogP contribution in [0, 0.1) is 0 Å². The van der Waals surface area contributed by atoms with Gasteiger partial charge in [-0.3, -0.25) is 0 Å². The van der Waals surface area contributed by atoms with Crippen LogP contribution in [0.15, 0.2) is 237 Å². The van der Waals surface area contributed by atoms with Crippen LogP contribution in [0.5, 0.6) is 0 Å². The van der Waals surface area contributed by atoms with E-state index in [0.717, 1.165) is 17.1 Å². The van der Waals surface area contributed by atoms with Gasteiger partial charge in [0, 0.05) is 22.1 Å². The second-order valence-corrected chi connectivity index (χ2v) is 17.5. The van der Waals surface area contributed by atoms with Crippen molar-refractivity contribution in [2.75, 3.05) is 4.90 Å². The van der Waals surface area contributed by atoms with Gasteiger partial charge in [0.05, 0.1) is 16.8 Å². The van der Waals surface area contributed by atoms with E-state index in [0.29, 0.717) is 0 Å². The van der Waals surface area contributed by atoms with Crippen LogP contribution < -0.4 is 4.90 Å². The molecular formula is C62H45N. The summed E-state index contributed by atoms with van der Waals surface area (Å²) in [6.45, 7) is 4.78. The fourth-order valence-electron chi connectivity index (χ4n) is 11.2. The second-order valence-electron chi connectivity index (χ2n) is 17.5. The molecule has 10 aromatic carbocycles. The lowest BCUT2D eigenvalue weighted by Gasteiger charge is -2.46. The summed E-state index contributed by atoms with van der Waals surface area (Å²) >= 11 is 0. The molecule has 0 saturated heterocycles. The van der Waals surface area contributed by atoms with Crippen LogP contribution in [-0.4, -0.2) is 0 Å². The van der Waals surface area contributed by atoms with Crippen molar-refractivity contribution in [1.29, 1.82) is 0 Å². The number of nitrogens with zero attached hydrogens (tertiary/aromatic N) is 1. The predicted molar refractivity (Wildman–Crippen MR) is 264 cm³/mol. The van der Waals surface area contributed by atoms with Crippen molar-refractivity contribution >= 4 is 27.8 Å². The Hall–Kier alpha value is -7.74. The summed E-state index contributed by atoms with van der Waals surface area (Å²) < 4.78 is 0. The summed E-state index contributed by atoms with van der Waals surface area (Å²) in [6, 6.07) is 87.7. The quantitative estimate of drug-likeness (QED) is 0.162. The molecule has 0 aromatic heterocycles. The number of hydrogen-bond donors (Lipinski definition) is 0. The van der Waals surface area contributed by atoms with Crippen molar-refractivity contribution in [3.63, 3.8) is 0 Å². The third-order valence-corrected chi connectivity index (χ3v) is 14.0. The van der Waals surface area contributed by atoms with E-state index >= 15 is 0 Å². The average Bonchev–Trinajstić information content (AvgIpc) is 3.65. The standard InChI is InChI=1S/C62H45N/c1-61(2)53-30-14-16-32-55(53)62(56-33-17-15-31-54(56)61)52-29-13-11-27-51(52)60-50(28-19-34-57(60)62)48-40-41-59(49-26-10-9-25-47(48)49)63(45-38-36-43(37-39-45)42-20-5-3-6-21-42)58-35-18-12-24-46(58)44-22-7-4-8-23-44/h3-41H,1-2H3. The van der Waals surface area contributed by atoms with Gasteiger partial charge >= 0.3 is 0 Å². The van der Waals surface area contributed by atoms with Crippen LogP contribution in [-0.2, 0) is 10.8 Å². The zero-order valence-electron chi connectivity index (χ0n) is 35.5. The molecule has 10 aromatic rings. The lowest BCUT2D eigenvalue weighted by atomic mass is 9.55. The molecule has 1 heteroatoms. The van der Waals surface area contributed by atoms with E-state index in [2.05, 4.69) is 255 Å². The monoisotopic (exact) mass is 803 g/mol. The number of rotatable bonds is 6. The predicted octanol–water partition coefficient (Wildman–Crippen LogP) is 16.3. The zero-order chi connectivity index (χ0) is 42.1. The molecule has 0 atom stereocenters. The maximum Gasteiger partial charge on any atom is 0.0719 e. The highest BCUT2D eigenvalue weighted by Crippen LogP contribution is 2.63. The number of fused-ring (bicyclic) bond motifs is 10. The number of hydrogen-bond acceptors (Lipinski definition) is 1. The van der Waals surface area contributed by atoms with Crippen LogP contribution in [0.4, 0.5) is 17.1 Å². The molecule has 2 aliphatic rings. The molecule has 0 N–H and O–H groups in total. The SMILES string of the molecule is CC1(C)c2ccccc2C2(c3ccccc3-c3c(-c4ccc(N(c5ccc(-c6ccccc6)cc5)c5ccccc5-c5ccccc5)c5ccccc45)cccc32)c2ccccc21. The van der Waals surface area contributed by atoms with Crippen molar-refractivity contribution in [2.24, 2.45) is 0 Å². The topological polar surface area (TPSA) is 3.24 Å². The van der Waals surface area contributed by atoms with Gasteiger partial charge in [0.25, 0.3) is 0 Å².